The van der Waals surface area contributed by atoms with Gasteiger partial charge in [0.05, 0.1) is 7.11 Å². The molecule has 5 rings (SSSR count). The van der Waals surface area contributed by atoms with Gasteiger partial charge in [0.2, 0.25) is 0 Å². The van der Waals surface area contributed by atoms with Gasteiger partial charge in [0, 0.05) is 30.4 Å². The highest BCUT2D eigenvalue weighted by molar-refractivity contribution is 5.45. The second-order valence-electron chi connectivity index (χ2n) is 8.38. The number of rotatable bonds is 3. The summed E-state index contributed by atoms with van der Waals surface area (Å²) in [5.74, 6) is 1.82. The molecular weight excluding hydrogens is 320 g/mol. The summed E-state index contributed by atoms with van der Waals surface area (Å²) in [5.41, 5.74) is 4.90. The number of nitrogens with zero attached hydrogens (tertiary/aromatic N) is 2. The van der Waals surface area contributed by atoms with E-state index >= 15 is 0 Å². The van der Waals surface area contributed by atoms with Crippen LogP contribution in [0.5, 0.6) is 5.75 Å². The number of benzene rings is 1. The fraction of sp³-hybridized carbons (Fsp3) is 0.522. The third kappa shape index (κ3) is 2.48. The van der Waals surface area contributed by atoms with Crippen molar-refractivity contribution < 1.29 is 4.74 Å². The number of ether oxygens (including phenoxy) is 1. The number of aromatic nitrogens is 1. The van der Waals surface area contributed by atoms with Gasteiger partial charge in [0.25, 0.3) is 0 Å². The van der Waals surface area contributed by atoms with Crippen molar-refractivity contribution in [3.05, 3.63) is 59.4 Å². The Kier molecular flexibility index (Phi) is 4.00. The summed E-state index contributed by atoms with van der Waals surface area (Å²) in [6, 6.07) is 11.8. The average molecular weight is 348 g/mol. The summed E-state index contributed by atoms with van der Waals surface area (Å²) in [6.07, 6.45) is 11.9. The van der Waals surface area contributed by atoms with Gasteiger partial charge in [0.1, 0.15) is 5.75 Å². The summed E-state index contributed by atoms with van der Waals surface area (Å²) >= 11 is 0. The summed E-state index contributed by atoms with van der Waals surface area (Å²) in [7, 11) is 1.79. The van der Waals surface area contributed by atoms with E-state index in [2.05, 4.69) is 40.2 Å². The highest BCUT2D eigenvalue weighted by Gasteiger charge is 2.53. The molecule has 0 amide bonds. The normalized spacial score (nSPS) is 30.3. The molecule has 1 aromatic heterocycles. The van der Waals surface area contributed by atoms with Crippen LogP contribution in [0.4, 0.5) is 0 Å². The molecule has 1 aromatic carbocycles. The molecule has 0 radical (unpaired) electrons. The lowest BCUT2D eigenvalue weighted by molar-refractivity contribution is -0.0157. The molecule has 2 aromatic rings. The van der Waals surface area contributed by atoms with Crippen LogP contribution in [0.2, 0.25) is 0 Å². The van der Waals surface area contributed by atoms with Gasteiger partial charge in [-0.05, 0) is 73.0 Å². The smallest absolute Gasteiger partial charge is 0.119 e. The second kappa shape index (κ2) is 6.38. The largest absolute Gasteiger partial charge is 0.497 e. The zero-order valence-electron chi connectivity index (χ0n) is 15.7. The Morgan fingerprint density at radius 3 is 3.04 bits per heavy atom. The zero-order valence-corrected chi connectivity index (χ0v) is 15.7. The highest BCUT2D eigenvalue weighted by atomic mass is 16.5. The maximum absolute atomic E-state index is 5.58. The van der Waals surface area contributed by atoms with Crippen molar-refractivity contribution >= 4 is 0 Å². The van der Waals surface area contributed by atoms with Gasteiger partial charge in [-0.25, -0.2) is 0 Å². The van der Waals surface area contributed by atoms with Crippen LogP contribution >= 0.6 is 0 Å². The standard InChI is InChI=1S/C23H28N2O/c1-26-19-8-7-18-13-22-20-6-2-3-9-23(20,21(18)14-19)10-12-25(22)16-17-5-4-11-24-15-17/h4-5,7-8,11,14-15,20,22H,2-3,6,9-10,12-13,16H2,1H3/t20-,22-,23-/m0/s1. The van der Waals surface area contributed by atoms with Gasteiger partial charge in [0.15, 0.2) is 0 Å². The fourth-order valence-electron chi connectivity index (χ4n) is 6.11. The number of hydrogen-bond donors (Lipinski definition) is 0. The molecule has 26 heavy (non-hydrogen) atoms. The molecule has 2 heterocycles. The van der Waals surface area contributed by atoms with Crippen molar-refractivity contribution in [1.29, 1.82) is 0 Å². The van der Waals surface area contributed by atoms with Crippen LogP contribution in [-0.2, 0) is 18.4 Å². The lowest BCUT2D eigenvalue weighted by Crippen LogP contribution is -2.60. The fourth-order valence-corrected chi connectivity index (χ4v) is 6.11. The Balaban J connectivity index is 1.53. The molecule has 2 aliphatic carbocycles. The van der Waals surface area contributed by atoms with Crippen molar-refractivity contribution in [2.24, 2.45) is 5.92 Å². The van der Waals surface area contributed by atoms with Crippen LogP contribution in [0, 0.1) is 5.92 Å². The van der Waals surface area contributed by atoms with Crippen LogP contribution in [0.15, 0.2) is 42.7 Å². The monoisotopic (exact) mass is 348 g/mol. The lowest BCUT2D eigenvalue weighted by Gasteiger charge is -2.59. The summed E-state index contributed by atoms with van der Waals surface area (Å²) in [4.78, 5) is 7.07. The Hall–Kier alpha value is -1.87. The first kappa shape index (κ1) is 16.3. The number of fused-ring (bicyclic) bond motifs is 1. The summed E-state index contributed by atoms with van der Waals surface area (Å²) < 4.78 is 5.58. The van der Waals surface area contributed by atoms with Crippen molar-refractivity contribution in [2.75, 3.05) is 13.7 Å². The van der Waals surface area contributed by atoms with Crippen LogP contribution in [-0.4, -0.2) is 29.6 Å². The minimum absolute atomic E-state index is 0.385. The molecule has 2 fully saturated rings. The Morgan fingerprint density at radius 1 is 1.23 bits per heavy atom. The first-order valence-electron chi connectivity index (χ1n) is 10.1. The van der Waals surface area contributed by atoms with Crippen molar-refractivity contribution in [3.63, 3.8) is 0 Å². The maximum atomic E-state index is 5.58. The van der Waals surface area contributed by atoms with Gasteiger partial charge in [-0.1, -0.05) is 25.0 Å². The van der Waals surface area contributed by atoms with Crippen LogP contribution < -0.4 is 4.74 Å². The first-order chi connectivity index (χ1) is 12.8. The second-order valence-corrected chi connectivity index (χ2v) is 8.38. The quantitative estimate of drug-likeness (QED) is 0.825. The average Bonchev–Trinajstić information content (AvgIpc) is 2.70. The molecule has 0 spiro atoms. The number of piperidine rings is 1. The van der Waals surface area contributed by atoms with E-state index < -0.39 is 0 Å². The van der Waals surface area contributed by atoms with Gasteiger partial charge in [-0.15, -0.1) is 0 Å². The van der Waals surface area contributed by atoms with E-state index in [0.29, 0.717) is 11.5 Å². The third-order valence-corrected chi connectivity index (χ3v) is 7.27. The summed E-state index contributed by atoms with van der Waals surface area (Å²) in [5, 5.41) is 0. The predicted molar refractivity (Wildman–Crippen MR) is 103 cm³/mol. The number of pyridine rings is 1. The van der Waals surface area contributed by atoms with Crippen molar-refractivity contribution in [2.45, 2.75) is 56.5 Å². The van der Waals surface area contributed by atoms with Gasteiger partial charge < -0.3 is 4.74 Å². The van der Waals surface area contributed by atoms with E-state index in [1.165, 1.54) is 50.6 Å². The number of likely N-dealkylation sites (tertiary alicyclic amines) is 1. The number of hydrogen-bond acceptors (Lipinski definition) is 3. The molecule has 0 N–H and O–H groups in total. The minimum Gasteiger partial charge on any atom is -0.497 e. The Labute approximate surface area is 156 Å². The van der Waals surface area contributed by atoms with Gasteiger partial charge >= 0.3 is 0 Å². The Bertz CT molecular complexity index is 790. The van der Waals surface area contributed by atoms with E-state index in [9.17, 15) is 0 Å². The molecule has 136 valence electrons. The van der Waals surface area contributed by atoms with Crippen molar-refractivity contribution in [3.8, 4) is 5.75 Å². The molecule has 3 atom stereocenters. The van der Waals surface area contributed by atoms with E-state index in [0.717, 1.165) is 18.2 Å². The van der Waals surface area contributed by atoms with E-state index in [1.807, 2.05) is 12.4 Å². The SMILES string of the molecule is COc1ccc2c(c1)[C@]13CCCC[C@H]1[C@H](C2)N(Cc1cccnc1)CC3. The first-order valence-corrected chi connectivity index (χ1v) is 10.1. The van der Waals surface area contributed by atoms with E-state index in [4.69, 9.17) is 4.74 Å². The molecule has 3 nitrogen and oxygen atoms in total. The van der Waals surface area contributed by atoms with Crippen LogP contribution in [0.1, 0.15) is 48.8 Å². The van der Waals surface area contributed by atoms with Crippen LogP contribution in [0.3, 0.4) is 0 Å². The lowest BCUT2D eigenvalue weighted by atomic mass is 9.52. The van der Waals surface area contributed by atoms with E-state index in [1.54, 1.807) is 18.2 Å². The Morgan fingerprint density at radius 2 is 2.19 bits per heavy atom. The van der Waals surface area contributed by atoms with Crippen molar-refractivity contribution in [1.82, 2.24) is 9.88 Å². The molecule has 0 unspecified atom stereocenters. The predicted octanol–water partition coefficient (Wildman–Crippen LogP) is 4.35. The molecule has 2 bridgehead atoms. The topological polar surface area (TPSA) is 25.4 Å². The molecule has 3 heteroatoms. The highest BCUT2D eigenvalue weighted by Crippen LogP contribution is 2.56. The summed E-state index contributed by atoms with van der Waals surface area (Å²) in [6.45, 7) is 2.24. The van der Waals surface area contributed by atoms with E-state index in [-0.39, 0.29) is 0 Å². The molecule has 1 aliphatic heterocycles. The van der Waals surface area contributed by atoms with Gasteiger partial charge in [-0.3, -0.25) is 9.88 Å². The molecule has 3 aliphatic rings. The maximum Gasteiger partial charge on any atom is 0.119 e. The molecular formula is C23H28N2O. The number of methoxy groups -OCH3 is 1. The van der Waals surface area contributed by atoms with Crippen LogP contribution in [0.25, 0.3) is 0 Å². The minimum atomic E-state index is 0.385. The third-order valence-electron chi connectivity index (χ3n) is 7.27. The zero-order chi connectivity index (χ0) is 17.6. The van der Waals surface area contributed by atoms with Gasteiger partial charge in [-0.2, -0.15) is 0 Å². The molecule has 1 saturated carbocycles. The molecule has 1 saturated heterocycles.